The summed E-state index contributed by atoms with van der Waals surface area (Å²) < 4.78 is 0. The maximum absolute atomic E-state index is 5.75. The molecular formula is C17H24N4S2. The fraction of sp³-hybridized carbons (Fsp3) is 0.588. The molecule has 2 aliphatic rings. The van der Waals surface area contributed by atoms with Gasteiger partial charge in [0.15, 0.2) is 5.13 Å². The van der Waals surface area contributed by atoms with Crippen LogP contribution in [0.4, 0.5) is 10.8 Å². The number of nitrogens with two attached hydrogens (primary N) is 1. The van der Waals surface area contributed by atoms with Crippen molar-refractivity contribution in [3.05, 3.63) is 16.8 Å². The molecule has 2 N–H and O–H groups in total. The Balaban J connectivity index is 1.38. The summed E-state index contributed by atoms with van der Waals surface area (Å²) in [5.74, 6) is 0. The predicted octanol–water partition coefficient (Wildman–Crippen LogP) is 3.91. The fourth-order valence-corrected chi connectivity index (χ4v) is 5.34. The summed E-state index contributed by atoms with van der Waals surface area (Å²) in [5, 5.41) is 4.96. The molecule has 0 atom stereocenters. The van der Waals surface area contributed by atoms with Crippen molar-refractivity contribution in [2.24, 2.45) is 0 Å². The fourth-order valence-electron chi connectivity index (χ4n) is 3.82. The molecule has 3 heterocycles. The zero-order valence-electron chi connectivity index (χ0n) is 13.4. The first-order valence-electron chi connectivity index (χ1n) is 8.58. The highest BCUT2D eigenvalue weighted by Gasteiger charge is 2.25. The second-order valence-corrected chi connectivity index (χ2v) is 8.36. The average Bonchev–Trinajstić information content (AvgIpc) is 3.25. The van der Waals surface area contributed by atoms with Gasteiger partial charge in [0, 0.05) is 48.7 Å². The molecule has 1 saturated heterocycles. The molecule has 0 spiro atoms. The first kappa shape index (κ1) is 15.4. The van der Waals surface area contributed by atoms with Crippen molar-refractivity contribution in [1.82, 2.24) is 9.88 Å². The molecule has 4 rings (SSSR count). The SMILES string of the molecule is Nc1nc(-c2cc(N3CCN(C4CCCCC4)CC3)cs2)cs1. The molecule has 2 aromatic rings. The van der Waals surface area contributed by atoms with E-state index >= 15 is 0 Å². The van der Waals surface area contributed by atoms with Crippen LogP contribution in [0.25, 0.3) is 10.6 Å². The molecule has 0 unspecified atom stereocenters. The summed E-state index contributed by atoms with van der Waals surface area (Å²) in [4.78, 5) is 10.9. The highest BCUT2D eigenvalue weighted by atomic mass is 32.1. The highest BCUT2D eigenvalue weighted by Crippen LogP contribution is 2.33. The lowest BCUT2D eigenvalue weighted by atomic mass is 9.94. The third-order valence-corrected chi connectivity index (χ3v) is 6.74. The van der Waals surface area contributed by atoms with Crippen molar-refractivity contribution >= 4 is 33.5 Å². The van der Waals surface area contributed by atoms with Gasteiger partial charge in [-0.05, 0) is 18.9 Å². The maximum Gasteiger partial charge on any atom is 0.180 e. The topological polar surface area (TPSA) is 45.4 Å². The van der Waals surface area contributed by atoms with Crippen LogP contribution in [0, 0.1) is 0 Å². The van der Waals surface area contributed by atoms with Crippen LogP contribution in [-0.2, 0) is 0 Å². The molecule has 124 valence electrons. The molecule has 0 bridgehead atoms. The highest BCUT2D eigenvalue weighted by molar-refractivity contribution is 7.16. The van der Waals surface area contributed by atoms with E-state index in [1.54, 1.807) is 11.3 Å². The standard InChI is InChI=1S/C17H24N4S2/c18-17-19-15(12-23-17)16-10-14(11-22-16)21-8-6-20(7-9-21)13-4-2-1-3-5-13/h10-13H,1-9H2,(H2,18,19). The van der Waals surface area contributed by atoms with Gasteiger partial charge in [-0.1, -0.05) is 19.3 Å². The second kappa shape index (κ2) is 6.79. The number of hydrogen-bond donors (Lipinski definition) is 1. The van der Waals surface area contributed by atoms with E-state index in [1.807, 2.05) is 5.38 Å². The molecule has 0 aromatic carbocycles. The van der Waals surface area contributed by atoms with Gasteiger partial charge in [-0.2, -0.15) is 0 Å². The van der Waals surface area contributed by atoms with Gasteiger partial charge in [0.1, 0.15) is 0 Å². The number of nitrogen functional groups attached to an aromatic ring is 1. The first-order chi connectivity index (χ1) is 11.3. The summed E-state index contributed by atoms with van der Waals surface area (Å²) in [6, 6.07) is 3.12. The number of anilines is 2. The Bertz CT molecular complexity index is 637. The molecule has 1 aliphatic heterocycles. The molecule has 1 aliphatic carbocycles. The van der Waals surface area contributed by atoms with Crippen LogP contribution < -0.4 is 10.6 Å². The molecule has 23 heavy (non-hydrogen) atoms. The molecule has 2 aromatic heterocycles. The van der Waals surface area contributed by atoms with E-state index in [9.17, 15) is 0 Å². The van der Waals surface area contributed by atoms with Crippen LogP contribution in [0.3, 0.4) is 0 Å². The first-order valence-corrected chi connectivity index (χ1v) is 10.3. The number of nitrogens with zero attached hydrogens (tertiary/aromatic N) is 3. The van der Waals surface area contributed by atoms with Gasteiger partial charge >= 0.3 is 0 Å². The Morgan fingerprint density at radius 2 is 1.78 bits per heavy atom. The lowest BCUT2D eigenvalue weighted by molar-refractivity contribution is 0.148. The van der Waals surface area contributed by atoms with Crippen molar-refractivity contribution in [3.8, 4) is 10.6 Å². The third kappa shape index (κ3) is 3.39. The normalized spacial score (nSPS) is 21.0. The minimum absolute atomic E-state index is 0.649. The quantitative estimate of drug-likeness (QED) is 0.913. The molecule has 4 nitrogen and oxygen atoms in total. The van der Waals surface area contributed by atoms with Crippen LogP contribution in [0.15, 0.2) is 16.8 Å². The lowest BCUT2D eigenvalue weighted by Gasteiger charge is -2.41. The van der Waals surface area contributed by atoms with Gasteiger partial charge < -0.3 is 10.6 Å². The molecule has 1 saturated carbocycles. The zero-order valence-corrected chi connectivity index (χ0v) is 15.0. The summed E-state index contributed by atoms with van der Waals surface area (Å²) >= 11 is 3.29. The van der Waals surface area contributed by atoms with Gasteiger partial charge in [-0.3, -0.25) is 4.90 Å². The Labute approximate surface area is 145 Å². The Morgan fingerprint density at radius 3 is 2.48 bits per heavy atom. The number of rotatable bonds is 3. The van der Waals surface area contributed by atoms with E-state index in [0.717, 1.165) is 24.8 Å². The van der Waals surface area contributed by atoms with Crippen LogP contribution in [-0.4, -0.2) is 42.1 Å². The molecule has 2 fully saturated rings. The van der Waals surface area contributed by atoms with Crippen LogP contribution in [0.2, 0.25) is 0 Å². The number of hydrogen-bond acceptors (Lipinski definition) is 6. The smallest absolute Gasteiger partial charge is 0.180 e. The molecular weight excluding hydrogens is 324 g/mol. The van der Waals surface area contributed by atoms with E-state index in [4.69, 9.17) is 5.73 Å². The Morgan fingerprint density at radius 1 is 1.00 bits per heavy atom. The second-order valence-electron chi connectivity index (χ2n) is 6.55. The number of thiophene rings is 1. The molecule has 6 heteroatoms. The summed E-state index contributed by atoms with van der Waals surface area (Å²) in [5.41, 5.74) is 8.11. The predicted molar refractivity (Wildman–Crippen MR) is 100 cm³/mol. The zero-order chi connectivity index (χ0) is 15.6. The minimum atomic E-state index is 0.649. The maximum atomic E-state index is 5.75. The van der Waals surface area contributed by atoms with Gasteiger partial charge in [-0.15, -0.1) is 22.7 Å². The lowest BCUT2D eigenvalue weighted by Crippen LogP contribution is -2.50. The summed E-state index contributed by atoms with van der Waals surface area (Å²) in [6.07, 6.45) is 7.11. The monoisotopic (exact) mass is 348 g/mol. The van der Waals surface area contributed by atoms with Crippen LogP contribution in [0.1, 0.15) is 32.1 Å². The van der Waals surface area contributed by atoms with Crippen molar-refractivity contribution in [1.29, 1.82) is 0 Å². The number of aromatic nitrogens is 1. The summed E-state index contributed by atoms with van der Waals surface area (Å²) in [6.45, 7) is 4.71. The van der Waals surface area contributed by atoms with Gasteiger partial charge in [-0.25, -0.2) is 4.98 Å². The van der Waals surface area contributed by atoms with Gasteiger partial charge in [0.2, 0.25) is 0 Å². The molecule has 0 amide bonds. The van der Waals surface area contributed by atoms with E-state index in [2.05, 4.69) is 26.2 Å². The van der Waals surface area contributed by atoms with Crippen molar-refractivity contribution in [2.75, 3.05) is 36.8 Å². The van der Waals surface area contributed by atoms with E-state index < -0.39 is 0 Å². The van der Waals surface area contributed by atoms with E-state index in [1.165, 1.54) is 67.1 Å². The van der Waals surface area contributed by atoms with Crippen molar-refractivity contribution in [2.45, 2.75) is 38.1 Å². The van der Waals surface area contributed by atoms with Crippen molar-refractivity contribution < 1.29 is 0 Å². The van der Waals surface area contributed by atoms with Crippen LogP contribution in [0.5, 0.6) is 0 Å². The van der Waals surface area contributed by atoms with Gasteiger partial charge in [0.25, 0.3) is 0 Å². The largest absolute Gasteiger partial charge is 0.375 e. The van der Waals surface area contributed by atoms with E-state index in [0.29, 0.717) is 5.13 Å². The third-order valence-electron chi connectivity index (χ3n) is 5.13. The summed E-state index contributed by atoms with van der Waals surface area (Å²) in [7, 11) is 0. The Hall–Kier alpha value is -1.11. The van der Waals surface area contributed by atoms with Crippen LogP contribution >= 0.6 is 22.7 Å². The molecule has 0 radical (unpaired) electrons. The van der Waals surface area contributed by atoms with E-state index in [-0.39, 0.29) is 0 Å². The average molecular weight is 349 g/mol. The minimum Gasteiger partial charge on any atom is -0.375 e. The number of piperazine rings is 1. The van der Waals surface area contributed by atoms with Gasteiger partial charge in [0.05, 0.1) is 10.6 Å². The Kier molecular flexibility index (Phi) is 4.55. The number of thiazole rings is 1. The van der Waals surface area contributed by atoms with Crippen molar-refractivity contribution in [3.63, 3.8) is 0 Å².